The number of rotatable bonds is 13. The quantitative estimate of drug-likeness (QED) is 0.179. The van der Waals surface area contributed by atoms with E-state index >= 15 is 0 Å². The summed E-state index contributed by atoms with van der Waals surface area (Å²) in [5.41, 5.74) is 8.07. The van der Waals surface area contributed by atoms with Gasteiger partial charge in [0.05, 0.1) is 27.4 Å². The number of aromatic amines is 1. The molecule has 0 aliphatic rings. The molecule has 11 nitrogen and oxygen atoms in total. The van der Waals surface area contributed by atoms with Gasteiger partial charge in [-0.15, -0.1) is 0 Å². The molecule has 0 radical (unpaired) electrons. The van der Waals surface area contributed by atoms with Gasteiger partial charge in [-0.05, 0) is 50.6 Å². The maximum atomic E-state index is 12.5. The van der Waals surface area contributed by atoms with Crippen molar-refractivity contribution >= 4 is 23.7 Å². The molecule has 0 fully saturated rings. The van der Waals surface area contributed by atoms with E-state index in [4.69, 9.17) is 19.9 Å². The normalized spacial score (nSPS) is 11.0. The molecule has 0 aliphatic heterocycles. The number of hydrogen-bond donors (Lipinski definition) is 4. The molecule has 1 unspecified atom stereocenters. The minimum atomic E-state index is -0.645. The second-order valence-electron chi connectivity index (χ2n) is 8.98. The number of primary amides is 1. The van der Waals surface area contributed by atoms with Crippen molar-refractivity contribution in [3.63, 3.8) is 0 Å². The molecule has 0 bridgehead atoms. The highest BCUT2D eigenvalue weighted by molar-refractivity contribution is 5.96. The maximum Gasteiger partial charge on any atom is 0.330 e. The number of carbonyl (C=O) groups is 4. The average molecular weight is 579 g/mol. The van der Waals surface area contributed by atoms with Gasteiger partial charge in [0.2, 0.25) is 11.8 Å². The molecule has 5 N–H and O–H groups in total. The van der Waals surface area contributed by atoms with Gasteiger partial charge in [-0.25, -0.2) is 4.79 Å². The second kappa shape index (κ2) is 17.6. The van der Waals surface area contributed by atoms with Crippen molar-refractivity contribution in [3.8, 4) is 22.8 Å². The first-order valence-electron chi connectivity index (χ1n) is 13.3. The van der Waals surface area contributed by atoms with Crippen LogP contribution in [0.2, 0.25) is 0 Å². The molecular weight excluding hydrogens is 540 g/mol. The van der Waals surface area contributed by atoms with Crippen molar-refractivity contribution in [1.29, 1.82) is 0 Å². The van der Waals surface area contributed by atoms with E-state index < -0.39 is 29.7 Å². The zero-order valence-corrected chi connectivity index (χ0v) is 24.3. The summed E-state index contributed by atoms with van der Waals surface area (Å²) in [5.74, 6) is -0.906. The molecule has 3 rings (SSSR count). The number of ether oxygens (including phenoxy) is 3. The summed E-state index contributed by atoms with van der Waals surface area (Å²) in [4.78, 5) is 50.5. The van der Waals surface area contributed by atoms with Crippen molar-refractivity contribution in [3.05, 3.63) is 84.1 Å². The van der Waals surface area contributed by atoms with Gasteiger partial charge < -0.3 is 35.6 Å². The van der Waals surface area contributed by atoms with Crippen molar-refractivity contribution in [2.75, 3.05) is 27.4 Å². The number of benzene rings is 2. The summed E-state index contributed by atoms with van der Waals surface area (Å²) >= 11 is 0. The summed E-state index contributed by atoms with van der Waals surface area (Å²) < 4.78 is 15.4. The Bertz CT molecular complexity index is 1350. The molecule has 2 aromatic carbocycles. The number of amides is 3. The van der Waals surface area contributed by atoms with Crippen LogP contribution in [-0.4, -0.2) is 62.1 Å². The molecule has 3 amide bonds. The Morgan fingerprint density at radius 2 is 1.74 bits per heavy atom. The predicted octanol–water partition coefficient (Wildman–Crippen LogP) is 3.29. The molecule has 1 atom stereocenters. The number of aryl methyl sites for hydroxylation is 1. The number of nitrogens with one attached hydrogen (secondary N) is 3. The summed E-state index contributed by atoms with van der Waals surface area (Å²) in [7, 11) is 3.09. The first-order valence-corrected chi connectivity index (χ1v) is 13.3. The van der Waals surface area contributed by atoms with E-state index in [0.29, 0.717) is 22.8 Å². The van der Waals surface area contributed by atoms with Gasteiger partial charge in [-0.1, -0.05) is 42.0 Å². The topological polar surface area (TPSA) is 162 Å². The lowest BCUT2D eigenvalue weighted by molar-refractivity contribution is -0.137. The minimum Gasteiger partial charge on any atom is -0.497 e. The van der Waals surface area contributed by atoms with Crippen LogP contribution in [0.5, 0.6) is 11.5 Å². The van der Waals surface area contributed by atoms with Crippen LogP contribution < -0.4 is 25.8 Å². The number of hydrogen-bond acceptors (Lipinski definition) is 7. The van der Waals surface area contributed by atoms with E-state index in [9.17, 15) is 19.2 Å². The van der Waals surface area contributed by atoms with Crippen LogP contribution in [0.15, 0.2) is 72.8 Å². The molecule has 11 heteroatoms. The molecule has 0 saturated heterocycles. The van der Waals surface area contributed by atoms with Gasteiger partial charge in [0.25, 0.3) is 5.91 Å². The SMILES string of the molecule is CCOC(=O)/C=C/C(CCC(N)=O)NC(=O)CNC(=O)c1ccc(-c2cc(OC)ccc2OC)[nH]1.Cc1ccccc1. The minimum absolute atomic E-state index is 0.00343. The monoisotopic (exact) mass is 578 g/mol. The summed E-state index contributed by atoms with van der Waals surface area (Å²) in [5, 5.41) is 5.16. The molecule has 3 aromatic rings. The average Bonchev–Trinajstić information content (AvgIpc) is 3.48. The Morgan fingerprint density at radius 1 is 1.00 bits per heavy atom. The lowest BCUT2D eigenvalue weighted by Gasteiger charge is -2.14. The van der Waals surface area contributed by atoms with Crippen LogP contribution in [0.3, 0.4) is 0 Å². The Labute approximate surface area is 245 Å². The number of esters is 1. The third-order valence-electron chi connectivity index (χ3n) is 5.78. The third kappa shape index (κ3) is 11.6. The molecule has 0 aliphatic carbocycles. The first kappa shape index (κ1) is 33.1. The van der Waals surface area contributed by atoms with Gasteiger partial charge in [0, 0.05) is 29.8 Å². The van der Waals surface area contributed by atoms with E-state index in [-0.39, 0.29) is 31.7 Å². The molecular formula is C31H38N4O7. The fourth-order valence-electron chi connectivity index (χ4n) is 3.66. The number of carbonyl (C=O) groups excluding carboxylic acids is 4. The smallest absolute Gasteiger partial charge is 0.330 e. The Kier molecular flexibility index (Phi) is 13.9. The molecule has 42 heavy (non-hydrogen) atoms. The Balaban J connectivity index is 0.000000766. The van der Waals surface area contributed by atoms with Crippen LogP contribution in [0.1, 0.15) is 35.8 Å². The van der Waals surface area contributed by atoms with Crippen LogP contribution in [0.25, 0.3) is 11.3 Å². The third-order valence-corrected chi connectivity index (χ3v) is 5.78. The zero-order chi connectivity index (χ0) is 30.9. The molecule has 1 heterocycles. The van der Waals surface area contributed by atoms with Gasteiger partial charge >= 0.3 is 5.97 Å². The maximum absolute atomic E-state index is 12.5. The van der Waals surface area contributed by atoms with Crippen LogP contribution in [-0.2, 0) is 19.1 Å². The Morgan fingerprint density at radius 3 is 2.33 bits per heavy atom. The van der Waals surface area contributed by atoms with Gasteiger partial charge in [-0.2, -0.15) is 0 Å². The van der Waals surface area contributed by atoms with Crippen LogP contribution in [0.4, 0.5) is 0 Å². The van der Waals surface area contributed by atoms with Gasteiger partial charge in [-0.3, -0.25) is 14.4 Å². The first-order chi connectivity index (χ1) is 20.2. The fourth-order valence-corrected chi connectivity index (χ4v) is 3.66. The standard InChI is InChI=1S/C24H30N4O7.C7H8/c1-4-35-23(31)12-6-15(5-11-21(25)29)27-22(30)14-26-24(32)19-9-8-18(28-19)17-13-16(33-2)7-10-20(17)34-3;1-7-5-3-2-4-6-7/h6-10,12-13,15,28H,4-5,11,14H2,1-3H3,(H2,25,29)(H,26,32)(H,27,30);2-6H,1H3/b12-6+;. The van der Waals surface area contributed by atoms with E-state index in [2.05, 4.69) is 34.7 Å². The number of nitrogens with two attached hydrogens (primary N) is 1. The number of H-pyrrole nitrogens is 1. The summed E-state index contributed by atoms with van der Waals surface area (Å²) in [6.45, 7) is 3.63. The van der Waals surface area contributed by atoms with E-state index in [1.807, 2.05) is 18.2 Å². The lowest BCUT2D eigenvalue weighted by atomic mass is 10.1. The highest BCUT2D eigenvalue weighted by atomic mass is 16.5. The van der Waals surface area contributed by atoms with Gasteiger partial charge in [0.1, 0.15) is 17.2 Å². The van der Waals surface area contributed by atoms with Crippen LogP contribution in [0, 0.1) is 6.92 Å². The summed E-state index contributed by atoms with van der Waals surface area (Å²) in [6, 6.07) is 18.2. The molecule has 1 aromatic heterocycles. The van der Waals surface area contributed by atoms with E-state index in [0.717, 1.165) is 0 Å². The molecule has 0 saturated carbocycles. The van der Waals surface area contributed by atoms with Gasteiger partial charge in [0.15, 0.2) is 0 Å². The molecule has 224 valence electrons. The summed E-state index contributed by atoms with van der Waals surface area (Å²) in [6.07, 6.45) is 2.78. The highest BCUT2D eigenvalue weighted by Gasteiger charge is 2.16. The zero-order valence-electron chi connectivity index (χ0n) is 24.3. The van der Waals surface area contributed by atoms with Crippen molar-refractivity contribution in [1.82, 2.24) is 15.6 Å². The molecule has 0 spiro atoms. The van der Waals surface area contributed by atoms with Crippen molar-refractivity contribution in [2.45, 2.75) is 32.7 Å². The largest absolute Gasteiger partial charge is 0.497 e. The highest BCUT2D eigenvalue weighted by Crippen LogP contribution is 2.32. The van der Waals surface area contributed by atoms with Crippen molar-refractivity contribution in [2.24, 2.45) is 5.73 Å². The van der Waals surface area contributed by atoms with Crippen molar-refractivity contribution < 1.29 is 33.4 Å². The van der Waals surface area contributed by atoms with E-state index in [1.54, 1.807) is 51.5 Å². The fraction of sp³-hybridized carbons (Fsp3) is 0.290. The number of aromatic nitrogens is 1. The second-order valence-corrected chi connectivity index (χ2v) is 8.98. The van der Waals surface area contributed by atoms with E-state index in [1.165, 1.54) is 17.7 Å². The predicted molar refractivity (Wildman–Crippen MR) is 159 cm³/mol. The lowest BCUT2D eigenvalue weighted by Crippen LogP contribution is -2.41. The Hall–Kier alpha value is -5.06. The number of methoxy groups -OCH3 is 2. The van der Waals surface area contributed by atoms with Crippen LogP contribution >= 0.6 is 0 Å².